The summed E-state index contributed by atoms with van der Waals surface area (Å²) >= 11 is 0. The Morgan fingerprint density at radius 3 is 2.43 bits per heavy atom. The van der Waals surface area contributed by atoms with E-state index in [9.17, 15) is 0 Å². The average molecular weight is 284 g/mol. The lowest BCUT2D eigenvalue weighted by Crippen LogP contribution is -2.19. The van der Waals surface area contributed by atoms with Gasteiger partial charge in [-0.1, -0.05) is 43.0 Å². The maximum atomic E-state index is 5.20. The summed E-state index contributed by atoms with van der Waals surface area (Å²) in [4.78, 5) is 0. The van der Waals surface area contributed by atoms with Crippen molar-refractivity contribution in [2.45, 2.75) is 57.8 Å². The zero-order chi connectivity index (χ0) is 14.5. The molecule has 1 heteroatoms. The summed E-state index contributed by atoms with van der Waals surface area (Å²) in [5.41, 5.74) is 3.23. The highest BCUT2D eigenvalue weighted by atomic mass is 16.5. The fourth-order valence-corrected chi connectivity index (χ4v) is 3.89. The molecule has 1 saturated carbocycles. The van der Waals surface area contributed by atoms with Gasteiger partial charge in [-0.05, 0) is 68.1 Å². The van der Waals surface area contributed by atoms with Crippen molar-refractivity contribution >= 4 is 0 Å². The van der Waals surface area contributed by atoms with Gasteiger partial charge in [-0.3, -0.25) is 0 Å². The first-order valence-corrected chi connectivity index (χ1v) is 8.68. The first-order valence-electron chi connectivity index (χ1n) is 8.68. The van der Waals surface area contributed by atoms with Gasteiger partial charge in [-0.25, -0.2) is 0 Å². The number of rotatable bonds is 6. The van der Waals surface area contributed by atoms with E-state index in [1.54, 1.807) is 12.7 Å². The van der Waals surface area contributed by atoms with E-state index in [0.29, 0.717) is 0 Å². The van der Waals surface area contributed by atoms with Gasteiger partial charge >= 0.3 is 0 Å². The van der Waals surface area contributed by atoms with Gasteiger partial charge in [0.15, 0.2) is 0 Å². The number of hydrogen-bond donors (Lipinski definition) is 0. The minimum Gasteiger partial charge on any atom is -0.497 e. The molecule has 1 atom stereocenters. The molecule has 21 heavy (non-hydrogen) atoms. The quantitative estimate of drug-likeness (QED) is 0.623. The van der Waals surface area contributed by atoms with Crippen LogP contribution in [0.25, 0.3) is 0 Å². The fourth-order valence-electron chi connectivity index (χ4n) is 3.89. The maximum Gasteiger partial charge on any atom is 0.118 e. The molecule has 0 aliphatic heterocycles. The first kappa shape index (κ1) is 14.7. The number of ether oxygens (including phenoxy) is 1. The molecule has 1 nitrogen and oxygen atoms in total. The van der Waals surface area contributed by atoms with E-state index in [0.717, 1.165) is 17.6 Å². The summed E-state index contributed by atoms with van der Waals surface area (Å²) in [7, 11) is 1.72. The van der Waals surface area contributed by atoms with Crippen LogP contribution >= 0.6 is 0 Å². The van der Waals surface area contributed by atoms with E-state index in [4.69, 9.17) is 4.74 Å². The number of hydrogen-bond acceptors (Lipinski definition) is 1. The number of methoxy groups -OCH3 is 1. The third-order valence-corrected chi connectivity index (χ3v) is 5.28. The molecule has 1 fully saturated rings. The molecule has 0 amide bonds. The zero-order valence-corrected chi connectivity index (χ0v) is 13.3. The van der Waals surface area contributed by atoms with Gasteiger partial charge < -0.3 is 4.74 Å². The Morgan fingerprint density at radius 1 is 1.05 bits per heavy atom. The van der Waals surface area contributed by atoms with Gasteiger partial charge in [-0.15, -0.1) is 0 Å². The third kappa shape index (κ3) is 3.90. The lowest BCUT2D eigenvalue weighted by Gasteiger charge is -2.33. The number of benzene rings is 1. The highest BCUT2D eigenvalue weighted by Crippen LogP contribution is 2.40. The smallest absolute Gasteiger partial charge is 0.118 e. The van der Waals surface area contributed by atoms with Crippen molar-refractivity contribution in [3.63, 3.8) is 0 Å². The molecular weight excluding hydrogens is 256 g/mol. The van der Waals surface area contributed by atoms with Crippen LogP contribution in [0.5, 0.6) is 5.75 Å². The van der Waals surface area contributed by atoms with Crippen molar-refractivity contribution in [2.24, 2.45) is 11.8 Å². The molecule has 0 unspecified atom stereocenters. The van der Waals surface area contributed by atoms with E-state index >= 15 is 0 Å². The lowest BCUT2D eigenvalue weighted by molar-refractivity contribution is 0.358. The highest BCUT2D eigenvalue weighted by Gasteiger charge is 2.26. The summed E-state index contributed by atoms with van der Waals surface area (Å²) < 4.78 is 5.20. The van der Waals surface area contributed by atoms with E-state index in [1.807, 2.05) is 0 Å². The summed E-state index contributed by atoms with van der Waals surface area (Å²) in [5.74, 6) is 2.79. The zero-order valence-electron chi connectivity index (χ0n) is 13.3. The van der Waals surface area contributed by atoms with Crippen LogP contribution in [-0.4, -0.2) is 7.11 Å². The molecule has 2 aliphatic carbocycles. The standard InChI is InChI=1S/C20H28O/c1-21-20-12-10-16(11-13-20)6-5-7-17-14-19(15-17)18-8-3-2-4-9-18/h10-14,17-18H,2-9,15H2,1H3/t17-/m0/s1. The summed E-state index contributed by atoms with van der Waals surface area (Å²) in [5, 5.41) is 0. The van der Waals surface area contributed by atoms with E-state index in [-0.39, 0.29) is 0 Å². The molecule has 1 aromatic rings. The summed E-state index contributed by atoms with van der Waals surface area (Å²) in [6.45, 7) is 0. The van der Waals surface area contributed by atoms with E-state index in [2.05, 4.69) is 30.3 Å². The molecule has 0 N–H and O–H groups in total. The minimum atomic E-state index is 0.875. The molecule has 1 aromatic carbocycles. The van der Waals surface area contributed by atoms with Gasteiger partial charge in [0.25, 0.3) is 0 Å². The summed E-state index contributed by atoms with van der Waals surface area (Å²) in [6, 6.07) is 8.53. The predicted molar refractivity (Wildman–Crippen MR) is 88.7 cm³/mol. The van der Waals surface area contributed by atoms with Crippen LogP contribution in [0, 0.1) is 11.8 Å². The Labute approximate surface area is 129 Å². The number of allylic oxidation sites excluding steroid dienone is 2. The molecule has 2 aliphatic rings. The molecule has 0 spiro atoms. The van der Waals surface area contributed by atoms with Crippen LogP contribution in [-0.2, 0) is 6.42 Å². The normalized spacial score (nSPS) is 22.5. The molecular formula is C20H28O. The van der Waals surface area contributed by atoms with Crippen molar-refractivity contribution in [3.8, 4) is 5.75 Å². The van der Waals surface area contributed by atoms with Crippen molar-refractivity contribution in [1.29, 1.82) is 0 Å². The number of aryl methyl sites for hydroxylation is 1. The largest absolute Gasteiger partial charge is 0.497 e. The maximum absolute atomic E-state index is 5.20. The van der Waals surface area contributed by atoms with E-state index in [1.165, 1.54) is 63.4 Å². The second kappa shape index (κ2) is 7.15. The molecule has 0 aromatic heterocycles. The van der Waals surface area contributed by atoms with Crippen LogP contribution < -0.4 is 4.74 Å². The summed E-state index contributed by atoms with van der Waals surface area (Å²) in [6.07, 6.45) is 15.2. The second-order valence-electron chi connectivity index (χ2n) is 6.78. The third-order valence-electron chi connectivity index (χ3n) is 5.28. The van der Waals surface area contributed by atoms with Gasteiger partial charge in [0.2, 0.25) is 0 Å². The Hall–Kier alpha value is -1.24. The van der Waals surface area contributed by atoms with Gasteiger partial charge in [0, 0.05) is 0 Å². The van der Waals surface area contributed by atoms with Crippen molar-refractivity contribution in [1.82, 2.24) is 0 Å². The molecule has 0 saturated heterocycles. The van der Waals surface area contributed by atoms with Crippen LogP contribution in [0.15, 0.2) is 35.9 Å². The van der Waals surface area contributed by atoms with E-state index < -0.39 is 0 Å². The second-order valence-corrected chi connectivity index (χ2v) is 6.78. The van der Waals surface area contributed by atoms with Crippen molar-refractivity contribution < 1.29 is 4.74 Å². The Morgan fingerprint density at radius 2 is 1.76 bits per heavy atom. The van der Waals surface area contributed by atoms with Crippen molar-refractivity contribution in [2.75, 3.05) is 7.11 Å². The van der Waals surface area contributed by atoms with Crippen molar-refractivity contribution in [3.05, 3.63) is 41.5 Å². The van der Waals surface area contributed by atoms with Gasteiger partial charge in [0.05, 0.1) is 7.11 Å². The monoisotopic (exact) mass is 284 g/mol. The molecule has 0 heterocycles. The lowest BCUT2D eigenvalue weighted by atomic mass is 9.72. The minimum absolute atomic E-state index is 0.875. The molecule has 3 rings (SSSR count). The van der Waals surface area contributed by atoms with Crippen LogP contribution in [0.2, 0.25) is 0 Å². The van der Waals surface area contributed by atoms with Crippen LogP contribution in [0.1, 0.15) is 56.9 Å². The molecule has 0 bridgehead atoms. The van der Waals surface area contributed by atoms with Crippen LogP contribution in [0.4, 0.5) is 0 Å². The predicted octanol–water partition coefficient (Wildman–Crippen LogP) is 5.54. The molecule has 0 radical (unpaired) electrons. The Bertz CT molecular complexity index is 465. The first-order chi connectivity index (χ1) is 10.3. The van der Waals surface area contributed by atoms with Gasteiger partial charge in [0.1, 0.15) is 5.75 Å². The highest BCUT2D eigenvalue weighted by molar-refractivity contribution is 5.27. The molecule has 114 valence electrons. The SMILES string of the molecule is COc1ccc(CCC[C@H]2C=C(C3CCCCC3)C2)cc1. The fraction of sp³-hybridized carbons (Fsp3) is 0.600. The van der Waals surface area contributed by atoms with Crippen LogP contribution in [0.3, 0.4) is 0 Å². The average Bonchev–Trinajstić information content (AvgIpc) is 2.51. The topological polar surface area (TPSA) is 9.23 Å². The Balaban J connectivity index is 1.37. The van der Waals surface area contributed by atoms with Gasteiger partial charge in [-0.2, -0.15) is 0 Å². The Kier molecular flexibility index (Phi) is 5.00.